The molecule has 1 rings (SSSR count). The van der Waals surface area contributed by atoms with E-state index in [1.807, 2.05) is 32.0 Å². The Morgan fingerprint density at radius 2 is 2.05 bits per heavy atom. The fourth-order valence-electron chi connectivity index (χ4n) is 1.85. The van der Waals surface area contributed by atoms with E-state index in [1.54, 1.807) is 7.11 Å². The van der Waals surface area contributed by atoms with Gasteiger partial charge in [0.15, 0.2) is 11.5 Å². The van der Waals surface area contributed by atoms with Gasteiger partial charge in [-0.1, -0.05) is 13.0 Å². The van der Waals surface area contributed by atoms with Crippen LogP contribution in [0, 0.1) is 0 Å². The van der Waals surface area contributed by atoms with Gasteiger partial charge < -0.3 is 14.8 Å². The van der Waals surface area contributed by atoms with E-state index in [-0.39, 0.29) is 11.9 Å². The van der Waals surface area contributed by atoms with Crippen molar-refractivity contribution in [1.29, 1.82) is 0 Å². The highest BCUT2D eigenvalue weighted by Gasteiger charge is 2.08. The van der Waals surface area contributed by atoms with Crippen molar-refractivity contribution >= 4 is 5.91 Å². The quantitative estimate of drug-likeness (QED) is 0.796. The van der Waals surface area contributed by atoms with Crippen LogP contribution in [0.1, 0.15) is 39.2 Å². The zero-order valence-corrected chi connectivity index (χ0v) is 12.9. The molecule has 1 N–H and O–H groups in total. The largest absolute Gasteiger partial charge is 0.493 e. The topological polar surface area (TPSA) is 47.6 Å². The highest BCUT2D eigenvalue weighted by molar-refractivity contribution is 5.76. The summed E-state index contributed by atoms with van der Waals surface area (Å²) in [6.45, 7) is 6.61. The first-order chi connectivity index (χ1) is 9.60. The molecule has 20 heavy (non-hydrogen) atoms. The van der Waals surface area contributed by atoms with Crippen LogP contribution in [0.4, 0.5) is 0 Å². The van der Waals surface area contributed by atoms with Gasteiger partial charge in [-0.05, 0) is 44.4 Å². The summed E-state index contributed by atoms with van der Waals surface area (Å²) in [5, 5.41) is 2.97. The molecule has 0 spiro atoms. The molecule has 0 heterocycles. The highest BCUT2D eigenvalue weighted by Crippen LogP contribution is 2.28. The second-order valence-corrected chi connectivity index (χ2v) is 4.80. The molecule has 1 amide bonds. The van der Waals surface area contributed by atoms with Crippen LogP contribution in [0.3, 0.4) is 0 Å². The Hall–Kier alpha value is -1.71. The first kappa shape index (κ1) is 16.3. The van der Waals surface area contributed by atoms with Gasteiger partial charge in [0.05, 0.1) is 13.7 Å². The third-order valence-corrected chi connectivity index (χ3v) is 3.19. The van der Waals surface area contributed by atoms with Gasteiger partial charge in [-0.25, -0.2) is 0 Å². The first-order valence-corrected chi connectivity index (χ1v) is 7.19. The summed E-state index contributed by atoms with van der Waals surface area (Å²) in [4.78, 5) is 11.7. The third kappa shape index (κ3) is 5.11. The van der Waals surface area contributed by atoms with Gasteiger partial charge in [0.1, 0.15) is 0 Å². The molecule has 0 aliphatic carbocycles. The number of aryl methyl sites for hydroxylation is 1. The lowest BCUT2D eigenvalue weighted by molar-refractivity contribution is -0.121. The predicted octanol–water partition coefficient (Wildman–Crippen LogP) is 2.94. The molecular formula is C16H25NO3. The number of rotatable bonds is 8. The highest BCUT2D eigenvalue weighted by atomic mass is 16.5. The molecule has 0 aromatic heterocycles. The van der Waals surface area contributed by atoms with E-state index in [9.17, 15) is 4.79 Å². The van der Waals surface area contributed by atoms with Crippen LogP contribution < -0.4 is 14.8 Å². The Balaban J connectivity index is 2.58. The fraction of sp³-hybridized carbons (Fsp3) is 0.562. The van der Waals surface area contributed by atoms with Gasteiger partial charge in [0, 0.05) is 12.5 Å². The van der Waals surface area contributed by atoms with Gasteiger partial charge in [0.2, 0.25) is 5.91 Å². The molecule has 1 aromatic rings. The molecule has 0 aliphatic rings. The Labute approximate surface area is 121 Å². The van der Waals surface area contributed by atoms with Crippen molar-refractivity contribution in [2.45, 2.75) is 46.1 Å². The maximum absolute atomic E-state index is 11.7. The number of ether oxygens (including phenoxy) is 2. The molecule has 0 bridgehead atoms. The van der Waals surface area contributed by atoms with E-state index in [0.717, 1.165) is 17.7 Å². The lowest BCUT2D eigenvalue weighted by atomic mass is 10.1. The zero-order valence-electron chi connectivity index (χ0n) is 12.9. The maximum atomic E-state index is 11.7. The minimum absolute atomic E-state index is 0.0900. The van der Waals surface area contributed by atoms with Crippen LogP contribution in [0.25, 0.3) is 0 Å². The van der Waals surface area contributed by atoms with Crippen LogP contribution in [0.15, 0.2) is 18.2 Å². The summed E-state index contributed by atoms with van der Waals surface area (Å²) in [5.41, 5.74) is 1.07. The lowest BCUT2D eigenvalue weighted by Gasteiger charge is -2.12. The molecular weight excluding hydrogens is 254 g/mol. The van der Waals surface area contributed by atoms with Crippen LogP contribution in [0.2, 0.25) is 0 Å². The summed E-state index contributed by atoms with van der Waals surface area (Å²) in [6, 6.07) is 6.04. The van der Waals surface area contributed by atoms with Gasteiger partial charge in [-0.3, -0.25) is 4.79 Å². The summed E-state index contributed by atoms with van der Waals surface area (Å²) in [7, 11) is 1.62. The number of benzene rings is 1. The van der Waals surface area contributed by atoms with Crippen molar-refractivity contribution in [2.24, 2.45) is 0 Å². The maximum Gasteiger partial charge on any atom is 0.220 e. The molecule has 0 radical (unpaired) electrons. The van der Waals surface area contributed by atoms with Crippen LogP contribution in [-0.2, 0) is 11.2 Å². The van der Waals surface area contributed by atoms with Crippen LogP contribution >= 0.6 is 0 Å². The number of hydrogen-bond donors (Lipinski definition) is 1. The van der Waals surface area contributed by atoms with Crippen molar-refractivity contribution in [3.05, 3.63) is 23.8 Å². The first-order valence-electron chi connectivity index (χ1n) is 7.19. The molecule has 0 saturated carbocycles. The van der Waals surface area contributed by atoms with E-state index < -0.39 is 0 Å². The lowest BCUT2D eigenvalue weighted by Crippen LogP contribution is -2.31. The van der Waals surface area contributed by atoms with Crippen molar-refractivity contribution in [1.82, 2.24) is 5.32 Å². The van der Waals surface area contributed by atoms with Gasteiger partial charge in [-0.15, -0.1) is 0 Å². The van der Waals surface area contributed by atoms with Crippen molar-refractivity contribution in [3.63, 3.8) is 0 Å². The Bertz CT molecular complexity index is 432. The van der Waals surface area contributed by atoms with Crippen LogP contribution in [-0.4, -0.2) is 25.7 Å². The molecule has 0 fully saturated rings. The third-order valence-electron chi connectivity index (χ3n) is 3.19. The number of methoxy groups -OCH3 is 1. The molecule has 4 heteroatoms. The number of carbonyl (C=O) groups excluding carboxylic acids is 1. The number of carbonyl (C=O) groups is 1. The second-order valence-electron chi connectivity index (χ2n) is 4.80. The summed E-state index contributed by atoms with van der Waals surface area (Å²) in [5.74, 6) is 1.54. The number of amides is 1. The molecule has 1 unspecified atom stereocenters. The van der Waals surface area contributed by atoms with Crippen LogP contribution in [0.5, 0.6) is 11.5 Å². The van der Waals surface area contributed by atoms with E-state index in [4.69, 9.17) is 9.47 Å². The summed E-state index contributed by atoms with van der Waals surface area (Å²) < 4.78 is 10.8. The Morgan fingerprint density at radius 3 is 2.65 bits per heavy atom. The summed E-state index contributed by atoms with van der Waals surface area (Å²) in [6.07, 6.45) is 2.13. The number of hydrogen-bond acceptors (Lipinski definition) is 3. The van der Waals surface area contributed by atoms with Gasteiger partial charge >= 0.3 is 0 Å². The molecule has 1 atom stereocenters. The Kier molecular flexibility index (Phi) is 6.91. The smallest absolute Gasteiger partial charge is 0.220 e. The normalized spacial score (nSPS) is 11.8. The fourth-order valence-corrected chi connectivity index (χ4v) is 1.85. The molecule has 1 aromatic carbocycles. The number of nitrogens with one attached hydrogen (secondary N) is 1. The monoisotopic (exact) mass is 279 g/mol. The SMILES string of the molecule is CCOc1ccc(CCC(=O)NC(C)CC)cc1OC. The molecule has 0 saturated heterocycles. The molecule has 4 nitrogen and oxygen atoms in total. The van der Waals surface area contributed by atoms with Gasteiger partial charge in [-0.2, -0.15) is 0 Å². The van der Waals surface area contributed by atoms with Crippen molar-refractivity contribution in [2.75, 3.05) is 13.7 Å². The average molecular weight is 279 g/mol. The van der Waals surface area contributed by atoms with Crippen molar-refractivity contribution in [3.8, 4) is 11.5 Å². The van der Waals surface area contributed by atoms with E-state index in [2.05, 4.69) is 12.2 Å². The predicted molar refractivity (Wildman–Crippen MR) is 80.4 cm³/mol. The standard InChI is InChI=1S/C16H25NO3/c1-5-12(3)17-16(18)10-8-13-7-9-14(20-6-2)15(11-13)19-4/h7,9,11-12H,5-6,8,10H2,1-4H3,(H,17,18). The average Bonchev–Trinajstić information content (AvgIpc) is 2.46. The molecule has 112 valence electrons. The van der Waals surface area contributed by atoms with Crippen molar-refractivity contribution < 1.29 is 14.3 Å². The van der Waals surface area contributed by atoms with E-state index in [1.165, 1.54) is 0 Å². The zero-order chi connectivity index (χ0) is 15.0. The van der Waals surface area contributed by atoms with E-state index >= 15 is 0 Å². The minimum atomic E-state index is 0.0900. The second kappa shape index (κ2) is 8.46. The van der Waals surface area contributed by atoms with E-state index in [0.29, 0.717) is 25.2 Å². The summed E-state index contributed by atoms with van der Waals surface area (Å²) >= 11 is 0. The Morgan fingerprint density at radius 1 is 1.30 bits per heavy atom. The minimum Gasteiger partial charge on any atom is -0.493 e. The van der Waals surface area contributed by atoms with Gasteiger partial charge in [0.25, 0.3) is 0 Å². The molecule has 0 aliphatic heterocycles.